The average molecular weight is 211 g/mol. The Kier molecular flexibility index (Phi) is 1.86. The van der Waals surface area contributed by atoms with Crippen LogP contribution in [0.15, 0.2) is 30.5 Å². The zero-order chi connectivity index (χ0) is 11.1. The van der Waals surface area contributed by atoms with Gasteiger partial charge in [-0.2, -0.15) is 0 Å². The number of anilines is 1. The van der Waals surface area contributed by atoms with E-state index in [9.17, 15) is 0 Å². The predicted octanol–water partition coefficient (Wildman–Crippen LogP) is 2.86. The molecule has 0 bridgehead atoms. The SMILES string of the molecule is CCc1c(N)ncc2c1[nH]c1ccccc12. The number of benzene rings is 1. The highest BCUT2D eigenvalue weighted by Gasteiger charge is 2.09. The van der Waals surface area contributed by atoms with Crippen LogP contribution in [-0.4, -0.2) is 9.97 Å². The van der Waals surface area contributed by atoms with Gasteiger partial charge in [-0.15, -0.1) is 0 Å². The first-order chi connectivity index (χ1) is 7.81. The highest BCUT2D eigenvalue weighted by molar-refractivity contribution is 6.08. The summed E-state index contributed by atoms with van der Waals surface area (Å²) in [5.74, 6) is 0.626. The predicted molar refractivity (Wildman–Crippen MR) is 67.4 cm³/mol. The van der Waals surface area contributed by atoms with Crippen LogP contribution in [0.5, 0.6) is 0 Å². The number of nitrogens with two attached hydrogens (primary N) is 1. The molecule has 2 aromatic heterocycles. The zero-order valence-corrected chi connectivity index (χ0v) is 9.12. The summed E-state index contributed by atoms with van der Waals surface area (Å²) in [6, 6.07) is 8.24. The van der Waals surface area contributed by atoms with Crippen molar-refractivity contribution in [3.63, 3.8) is 0 Å². The van der Waals surface area contributed by atoms with Crippen molar-refractivity contribution in [1.29, 1.82) is 0 Å². The van der Waals surface area contributed by atoms with Gasteiger partial charge in [0.1, 0.15) is 5.82 Å². The van der Waals surface area contributed by atoms with Gasteiger partial charge in [0, 0.05) is 28.0 Å². The third-order valence-corrected chi connectivity index (χ3v) is 3.04. The van der Waals surface area contributed by atoms with E-state index in [-0.39, 0.29) is 0 Å². The normalized spacial score (nSPS) is 11.3. The van der Waals surface area contributed by atoms with Crippen molar-refractivity contribution in [2.45, 2.75) is 13.3 Å². The summed E-state index contributed by atoms with van der Waals surface area (Å²) in [5.41, 5.74) is 9.25. The third kappa shape index (κ3) is 1.11. The minimum Gasteiger partial charge on any atom is -0.383 e. The molecule has 0 fully saturated rings. The minimum atomic E-state index is 0.626. The van der Waals surface area contributed by atoms with E-state index < -0.39 is 0 Å². The van der Waals surface area contributed by atoms with Crippen LogP contribution in [0.1, 0.15) is 12.5 Å². The van der Waals surface area contributed by atoms with E-state index in [1.54, 1.807) is 0 Å². The molecule has 3 rings (SSSR count). The summed E-state index contributed by atoms with van der Waals surface area (Å²) in [5, 5.41) is 2.36. The Morgan fingerprint density at radius 2 is 2.06 bits per heavy atom. The second kappa shape index (κ2) is 3.23. The van der Waals surface area contributed by atoms with Gasteiger partial charge in [0.25, 0.3) is 0 Å². The van der Waals surface area contributed by atoms with Gasteiger partial charge in [0.2, 0.25) is 0 Å². The summed E-state index contributed by atoms with van der Waals surface area (Å²) in [6.45, 7) is 2.10. The van der Waals surface area contributed by atoms with Gasteiger partial charge in [-0.3, -0.25) is 0 Å². The van der Waals surface area contributed by atoms with Crippen molar-refractivity contribution in [3.05, 3.63) is 36.0 Å². The van der Waals surface area contributed by atoms with Gasteiger partial charge < -0.3 is 10.7 Å². The summed E-state index contributed by atoms with van der Waals surface area (Å²) in [4.78, 5) is 7.68. The third-order valence-electron chi connectivity index (χ3n) is 3.04. The van der Waals surface area contributed by atoms with Crippen LogP contribution in [0.2, 0.25) is 0 Å². The number of aromatic nitrogens is 2. The number of H-pyrrole nitrogens is 1. The van der Waals surface area contributed by atoms with Gasteiger partial charge in [0.05, 0.1) is 5.52 Å². The van der Waals surface area contributed by atoms with Crippen molar-refractivity contribution in [2.75, 3.05) is 5.73 Å². The molecule has 16 heavy (non-hydrogen) atoms. The number of pyridine rings is 1. The molecule has 0 aliphatic carbocycles. The van der Waals surface area contributed by atoms with Gasteiger partial charge in [-0.1, -0.05) is 25.1 Å². The number of hydrogen-bond acceptors (Lipinski definition) is 2. The number of fused-ring (bicyclic) bond motifs is 3. The maximum atomic E-state index is 5.89. The van der Waals surface area contributed by atoms with Gasteiger partial charge in [-0.25, -0.2) is 4.98 Å². The van der Waals surface area contributed by atoms with Crippen molar-refractivity contribution < 1.29 is 0 Å². The van der Waals surface area contributed by atoms with Crippen LogP contribution in [-0.2, 0) is 6.42 Å². The monoisotopic (exact) mass is 211 g/mol. The molecule has 3 heteroatoms. The zero-order valence-electron chi connectivity index (χ0n) is 9.12. The van der Waals surface area contributed by atoms with Crippen LogP contribution in [0.4, 0.5) is 5.82 Å². The summed E-state index contributed by atoms with van der Waals surface area (Å²) >= 11 is 0. The highest BCUT2D eigenvalue weighted by Crippen LogP contribution is 2.29. The largest absolute Gasteiger partial charge is 0.383 e. The first-order valence-electron chi connectivity index (χ1n) is 5.45. The molecule has 0 spiro atoms. The summed E-state index contributed by atoms with van der Waals surface area (Å²) in [6.07, 6.45) is 2.74. The molecule has 3 nitrogen and oxygen atoms in total. The summed E-state index contributed by atoms with van der Waals surface area (Å²) in [7, 11) is 0. The number of hydrogen-bond donors (Lipinski definition) is 2. The quantitative estimate of drug-likeness (QED) is 0.650. The van der Waals surface area contributed by atoms with E-state index >= 15 is 0 Å². The first kappa shape index (κ1) is 9.21. The van der Waals surface area contributed by atoms with Crippen LogP contribution in [0.25, 0.3) is 21.8 Å². The number of aryl methyl sites for hydroxylation is 1. The number of aromatic amines is 1. The Morgan fingerprint density at radius 1 is 1.25 bits per heavy atom. The molecule has 80 valence electrons. The number of rotatable bonds is 1. The second-order valence-corrected chi connectivity index (χ2v) is 3.93. The molecule has 0 radical (unpaired) electrons. The van der Waals surface area contributed by atoms with Crippen LogP contribution in [0.3, 0.4) is 0 Å². The van der Waals surface area contributed by atoms with E-state index in [2.05, 4.69) is 29.0 Å². The number of nitrogens with zero attached hydrogens (tertiary/aromatic N) is 1. The average Bonchev–Trinajstić information content (AvgIpc) is 2.67. The molecular weight excluding hydrogens is 198 g/mol. The second-order valence-electron chi connectivity index (χ2n) is 3.93. The van der Waals surface area contributed by atoms with Crippen molar-refractivity contribution in [2.24, 2.45) is 0 Å². The maximum Gasteiger partial charge on any atom is 0.128 e. The van der Waals surface area contributed by atoms with Gasteiger partial charge in [0.15, 0.2) is 0 Å². The fourth-order valence-corrected chi connectivity index (χ4v) is 2.23. The molecule has 1 aromatic carbocycles. The van der Waals surface area contributed by atoms with E-state index in [1.165, 1.54) is 5.39 Å². The van der Waals surface area contributed by atoms with E-state index in [0.29, 0.717) is 5.82 Å². The minimum absolute atomic E-state index is 0.626. The Hall–Kier alpha value is -2.03. The highest BCUT2D eigenvalue weighted by atomic mass is 14.8. The van der Waals surface area contributed by atoms with Crippen molar-refractivity contribution >= 4 is 27.6 Å². The lowest BCUT2D eigenvalue weighted by molar-refractivity contribution is 1.13. The van der Waals surface area contributed by atoms with Crippen LogP contribution < -0.4 is 5.73 Å². The van der Waals surface area contributed by atoms with Crippen molar-refractivity contribution in [3.8, 4) is 0 Å². The smallest absolute Gasteiger partial charge is 0.128 e. The molecule has 0 unspecified atom stereocenters. The number of nitrogen functional groups attached to an aromatic ring is 1. The Bertz CT molecular complexity index is 667. The molecule has 0 aliphatic rings. The Labute approximate surface area is 93.3 Å². The van der Waals surface area contributed by atoms with Crippen LogP contribution in [0, 0.1) is 0 Å². The first-order valence-corrected chi connectivity index (χ1v) is 5.45. The standard InChI is InChI=1S/C13H13N3/c1-2-8-12-10(7-15-13(8)14)9-5-3-4-6-11(9)16-12/h3-7,16H,2H2,1H3,(H2,14,15). The Balaban J connectivity index is 2.54. The maximum absolute atomic E-state index is 5.89. The van der Waals surface area contributed by atoms with Gasteiger partial charge >= 0.3 is 0 Å². The fraction of sp³-hybridized carbons (Fsp3) is 0.154. The Morgan fingerprint density at radius 3 is 2.88 bits per heavy atom. The molecular formula is C13H13N3. The van der Waals surface area contributed by atoms with E-state index in [4.69, 9.17) is 5.73 Å². The molecule has 0 atom stereocenters. The lowest BCUT2D eigenvalue weighted by atomic mass is 10.1. The molecule has 0 saturated heterocycles. The number of nitrogens with one attached hydrogen (secondary N) is 1. The van der Waals surface area contributed by atoms with Gasteiger partial charge in [-0.05, 0) is 12.5 Å². The van der Waals surface area contributed by atoms with Crippen molar-refractivity contribution in [1.82, 2.24) is 9.97 Å². The molecule has 3 N–H and O–H groups in total. The lowest BCUT2D eigenvalue weighted by Crippen LogP contribution is -1.96. The lowest BCUT2D eigenvalue weighted by Gasteiger charge is -2.02. The molecule has 0 aliphatic heterocycles. The molecule has 0 saturated carbocycles. The molecule has 0 amide bonds. The molecule has 2 heterocycles. The fourth-order valence-electron chi connectivity index (χ4n) is 2.23. The molecule has 3 aromatic rings. The van der Waals surface area contributed by atoms with E-state index in [0.717, 1.165) is 28.4 Å². The topological polar surface area (TPSA) is 54.7 Å². The number of para-hydroxylation sites is 1. The summed E-state index contributed by atoms with van der Waals surface area (Å²) < 4.78 is 0. The van der Waals surface area contributed by atoms with E-state index in [1.807, 2.05) is 18.3 Å². The van der Waals surface area contributed by atoms with Crippen LogP contribution >= 0.6 is 0 Å².